The highest BCUT2D eigenvalue weighted by Gasteiger charge is 2.08. The van der Waals surface area contributed by atoms with Crippen LogP contribution >= 0.6 is 0 Å². The van der Waals surface area contributed by atoms with Crippen molar-refractivity contribution >= 4 is 10.9 Å². The van der Waals surface area contributed by atoms with Crippen LogP contribution in [-0.4, -0.2) is 9.67 Å². The zero-order valence-corrected chi connectivity index (χ0v) is 10.3. The molecule has 0 unspecified atom stereocenters. The maximum atomic E-state index is 9.43. The molecule has 2 nitrogen and oxygen atoms in total. The first kappa shape index (κ1) is 11.1. The number of aromatic nitrogens is 1. The van der Waals surface area contributed by atoms with E-state index >= 15 is 0 Å². The summed E-state index contributed by atoms with van der Waals surface area (Å²) < 4.78 is 2.13. The molecule has 3 aromatic rings. The Bertz CT molecular complexity index is 680. The van der Waals surface area contributed by atoms with Gasteiger partial charge in [0.15, 0.2) is 0 Å². The molecule has 1 heterocycles. The number of aryl methyl sites for hydroxylation is 1. The molecule has 0 aliphatic heterocycles. The van der Waals surface area contributed by atoms with Gasteiger partial charge in [-0.15, -0.1) is 0 Å². The molecule has 0 aliphatic rings. The molecule has 0 amide bonds. The molecule has 0 fully saturated rings. The zero-order chi connectivity index (χ0) is 12.5. The minimum atomic E-state index is 0.0688. The van der Waals surface area contributed by atoms with Crippen molar-refractivity contribution in [3.05, 3.63) is 65.9 Å². The Balaban J connectivity index is 2.26. The van der Waals surface area contributed by atoms with Crippen LogP contribution in [0.3, 0.4) is 0 Å². The second-order valence-corrected chi connectivity index (χ2v) is 4.54. The van der Waals surface area contributed by atoms with Crippen LogP contribution in [0, 0.1) is 6.92 Å². The summed E-state index contributed by atoms with van der Waals surface area (Å²) in [5, 5.41) is 10.5. The van der Waals surface area contributed by atoms with E-state index in [2.05, 4.69) is 41.8 Å². The molecule has 18 heavy (non-hydrogen) atoms. The summed E-state index contributed by atoms with van der Waals surface area (Å²) in [6, 6.07) is 16.5. The standard InChI is InChI=1S/C16H15NO/c1-12-6-8-14(9-7-12)17-10-13(11-18)15-4-2-3-5-16(15)17/h2-10,18H,11H2,1H3. The van der Waals surface area contributed by atoms with E-state index in [1.165, 1.54) is 5.56 Å². The first-order valence-electron chi connectivity index (χ1n) is 6.06. The molecule has 3 rings (SSSR count). The van der Waals surface area contributed by atoms with Gasteiger partial charge >= 0.3 is 0 Å². The van der Waals surface area contributed by atoms with Gasteiger partial charge in [-0.05, 0) is 25.1 Å². The molecular weight excluding hydrogens is 222 g/mol. The van der Waals surface area contributed by atoms with Crippen LogP contribution in [0.25, 0.3) is 16.6 Å². The third-order valence-electron chi connectivity index (χ3n) is 3.28. The molecule has 2 aromatic carbocycles. The fourth-order valence-electron chi connectivity index (χ4n) is 2.30. The molecule has 0 bridgehead atoms. The van der Waals surface area contributed by atoms with E-state index in [1.54, 1.807) is 0 Å². The minimum Gasteiger partial charge on any atom is -0.392 e. The molecular formula is C16H15NO. The number of hydrogen-bond donors (Lipinski definition) is 1. The van der Waals surface area contributed by atoms with Crippen molar-refractivity contribution in [3.8, 4) is 5.69 Å². The van der Waals surface area contributed by atoms with E-state index in [0.29, 0.717) is 0 Å². The van der Waals surface area contributed by atoms with Crippen molar-refractivity contribution in [2.75, 3.05) is 0 Å². The fraction of sp³-hybridized carbons (Fsp3) is 0.125. The zero-order valence-electron chi connectivity index (χ0n) is 10.3. The number of rotatable bonds is 2. The number of benzene rings is 2. The van der Waals surface area contributed by atoms with Gasteiger partial charge in [0.25, 0.3) is 0 Å². The first-order chi connectivity index (χ1) is 8.79. The average molecular weight is 237 g/mol. The highest BCUT2D eigenvalue weighted by Crippen LogP contribution is 2.24. The van der Waals surface area contributed by atoms with Crippen molar-refractivity contribution < 1.29 is 5.11 Å². The third-order valence-corrected chi connectivity index (χ3v) is 3.28. The second-order valence-electron chi connectivity index (χ2n) is 4.54. The molecule has 0 spiro atoms. The Hall–Kier alpha value is -2.06. The molecule has 1 aromatic heterocycles. The maximum Gasteiger partial charge on any atom is 0.0702 e. The molecule has 0 atom stereocenters. The van der Waals surface area contributed by atoms with E-state index in [-0.39, 0.29) is 6.61 Å². The Morgan fingerprint density at radius 1 is 1.00 bits per heavy atom. The smallest absolute Gasteiger partial charge is 0.0702 e. The number of hydrogen-bond acceptors (Lipinski definition) is 1. The van der Waals surface area contributed by atoms with Crippen molar-refractivity contribution in [1.29, 1.82) is 0 Å². The van der Waals surface area contributed by atoms with Crippen LogP contribution in [0.4, 0.5) is 0 Å². The van der Waals surface area contributed by atoms with Crippen LogP contribution in [-0.2, 0) is 6.61 Å². The van der Waals surface area contributed by atoms with Gasteiger partial charge in [0.1, 0.15) is 0 Å². The van der Waals surface area contributed by atoms with Crippen molar-refractivity contribution in [2.24, 2.45) is 0 Å². The summed E-state index contributed by atoms with van der Waals surface area (Å²) in [7, 11) is 0. The molecule has 2 heteroatoms. The Morgan fingerprint density at radius 2 is 1.72 bits per heavy atom. The molecule has 0 radical (unpaired) electrons. The van der Waals surface area contributed by atoms with E-state index in [9.17, 15) is 5.11 Å². The summed E-state index contributed by atoms with van der Waals surface area (Å²) >= 11 is 0. The lowest BCUT2D eigenvalue weighted by Gasteiger charge is -2.05. The summed E-state index contributed by atoms with van der Waals surface area (Å²) in [6.07, 6.45) is 2.01. The summed E-state index contributed by atoms with van der Waals surface area (Å²) in [6.45, 7) is 2.15. The van der Waals surface area contributed by atoms with Crippen molar-refractivity contribution in [1.82, 2.24) is 4.57 Å². The predicted molar refractivity (Wildman–Crippen MR) is 73.9 cm³/mol. The van der Waals surface area contributed by atoms with E-state index in [0.717, 1.165) is 22.2 Å². The van der Waals surface area contributed by atoms with E-state index in [4.69, 9.17) is 0 Å². The van der Waals surface area contributed by atoms with Crippen LogP contribution in [0.15, 0.2) is 54.7 Å². The number of aliphatic hydroxyl groups excluding tert-OH is 1. The van der Waals surface area contributed by atoms with Crippen molar-refractivity contribution in [2.45, 2.75) is 13.5 Å². The van der Waals surface area contributed by atoms with Gasteiger partial charge in [0.2, 0.25) is 0 Å². The normalized spacial score (nSPS) is 11.0. The monoisotopic (exact) mass is 237 g/mol. The van der Waals surface area contributed by atoms with Gasteiger partial charge in [0.05, 0.1) is 12.1 Å². The van der Waals surface area contributed by atoms with Gasteiger partial charge in [-0.1, -0.05) is 35.9 Å². The van der Waals surface area contributed by atoms with Gasteiger partial charge in [-0.25, -0.2) is 0 Å². The maximum absolute atomic E-state index is 9.43. The largest absolute Gasteiger partial charge is 0.392 e. The van der Waals surface area contributed by atoms with Gasteiger partial charge in [-0.3, -0.25) is 0 Å². The lowest BCUT2D eigenvalue weighted by Crippen LogP contribution is -1.91. The number of fused-ring (bicyclic) bond motifs is 1. The van der Waals surface area contributed by atoms with Gasteiger partial charge in [-0.2, -0.15) is 0 Å². The quantitative estimate of drug-likeness (QED) is 0.725. The summed E-state index contributed by atoms with van der Waals surface area (Å²) in [5.41, 5.74) is 4.46. The fourth-order valence-corrected chi connectivity index (χ4v) is 2.30. The average Bonchev–Trinajstić information content (AvgIpc) is 2.79. The highest BCUT2D eigenvalue weighted by atomic mass is 16.3. The highest BCUT2D eigenvalue weighted by molar-refractivity contribution is 5.85. The topological polar surface area (TPSA) is 25.2 Å². The Labute approximate surface area is 106 Å². The van der Waals surface area contributed by atoms with Crippen LogP contribution in [0.2, 0.25) is 0 Å². The third kappa shape index (κ3) is 1.71. The number of para-hydroxylation sites is 1. The number of nitrogens with zero attached hydrogens (tertiary/aromatic N) is 1. The predicted octanol–water partition coefficient (Wildman–Crippen LogP) is 3.43. The molecule has 1 N–H and O–H groups in total. The minimum absolute atomic E-state index is 0.0688. The van der Waals surface area contributed by atoms with Gasteiger partial charge < -0.3 is 9.67 Å². The lowest BCUT2D eigenvalue weighted by atomic mass is 10.2. The van der Waals surface area contributed by atoms with E-state index in [1.807, 2.05) is 24.4 Å². The SMILES string of the molecule is Cc1ccc(-n2cc(CO)c3ccccc32)cc1. The Kier molecular flexibility index (Phi) is 2.65. The second kappa shape index (κ2) is 4.31. The summed E-state index contributed by atoms with van der Waals surface area (Å²) in [4.78, 5) is 0. The summed E-state index contributed by atoms with van der Waals surface area (Å²) in [5.74, 6) is 0. The lowest BCUT2D eigenvalue weighted by molar-refractivity contribution is 0.283. The van der Waals surface area contributed by atoms with Crippen molar-refractivity contribution in [3.63, 3.8) is 0 Å². The molecule has 0 saturated carbocycles. The van der Waals surface area contributed by atoms with Crippen LogP contribution < -0.4 is 0 Å². The molecule has 0 saturated heterocycles. The molecule has 0 aliphatic carbocycles. The van der Waals surface area contributed by atoms with Gasteiger partial charge in [0, 0.05) is 22.8 Å². The van der Waals surface area contributed by atoms with Crippen LogP contribution in [0.1, 0.15) is 11.1 Å². The van der Waals surface area contributed by atoms with Crippen LogP contribution in [0.5, 0.6) is 0 Å². The first-order valence-corrected chi connectivity index (χ1v) is 6.06. The Morgan fingerprint density at radius 3 is 2.44 bits per heavy atom. The number of aliphatic hydroxyl groups is 1. The van der Waals surface area contributed by atoms with E-state index < -0.39 is 0 Å². The molecule has 90 valence electrons.